The van der Waals surface area contributed by atoms with E-state index in [4.69, 9.17) is 17.4 Å². The summed E-state index contributed by atoms with van der Waals surface area (Å²) >= 11 is 8.01. The van der Waals surface area contributed by atoms with Gasteiger partial charge < -0.3 is 0 Å². The van der Waals surface area contributed by atoms with E-state index in [1.54, 1.807) is 18.0 Å². The molecule has 0 aliphatic carbocycles. The summed E-state index contributed by atoms with van der Waals surface area (Å²) in [6, 6.07) is 8.19. The maximum atomic E-state index is 6.32. The van der Waals surface area contributed by atoms with Crippen molar-refractivity contribution in [1.29, 1.82) is 0 Å². The molecular formula is C14H19ClN4S. The summed E-state index contributed by atoms with van der Waals surface area (Å²) in [5.74, 6) is 5.80. The summed E-state index contributed by atoms with van der Waals surface area (Å²) in [6.07, 6.45) is 3.72. The number of nitrogens with zero attached hydrogens (tertiary/aromatic N) is 2. The predicted octanol–water partition coefficient (Wildman–Crippen LogP) is 3.39. The molecular weight excluding hydrogens is 292 g/mol. The first-order valence-electron chi connectivity index (χ1n) is 6.42. The van der Waals surface area contributed by atoms with Crippen LogP contribution in [0.5, 0.6) is 0 Å². The molecule has 3 N–H and O–H groups in total. The van der Waals surface area contributed by atoms with Gasteiger partial charge in [-0.3, -0.25) is 10.5 Å². The highest BCUT2D eigenvalue weighted by molar-refractivity contribution is 7.98. The Kier molecular flexibility index (Phi) is 5.10. The van der Waals surface area contributed by atoms with Gasteiger partial charge in [0.05, 0.1) is 23.0 Å². The van der Waals surface area contributed by atoms with Crippen molar-refractivity contribution in [2.24, 2.45) is 5.84 Å². The van der Waals surface area contributed by atoms with E-state index in [-0.39, 0.29) is 12.1 Å². The van der Waals surface area contributed by atoms with E-state index in [2.05, 4.69) is 36.5 Å². The van der Waals surface area contributed by atoms with Gasteiger partial charge in [-0.25, -0.2) is 5.43 Å². The quantitative estimate of drug-likeness (QED) is 0.505. The minimum atomic E-state index is -0.184. The molecule has 0 fully saturated rings. The summed E-state index contributed by atoms with van der Waals surface area (Å²) in [5.41, 5.74) is 4.87. The number of hydrogen-bond acceptors (Lipinski definition) is 4. The normalized spacial score (nSPS) is 12.9. The van der Waals surface area contributed by atoms with Crippen molar-refractivity contribution >= 4 is 23.4 Å². The molecule has 0 saturated heterocycles. The van der Waals surface area contributed by atoms with Gasteiger partial charge in [-0.15, -0.1) is 11.8 Å². The van der Waals surface area contributed by atoms with Crippen molar-refractivity contribution in [3.63, 3.8) is 0 Å². The summed E-state index contributed by atoms with van der Waals surface area (Å²) in [5, 5.41) is 4.97. The standard InChI is InChI=1S/C14H19ClN4S/c1-9(2)19-14(11(15)8-17-19)13(18-16)10-6-4-5-7-12(10)20-3/h4-9,13,18H,16H2,1-3H3. The third-order valence-electron chi connectivity index (χ3n) is 3.17. The fourth-order valence-corrected chi connectivity index (χ4v) is 3.13. The molecule has 0 spiro atoms. The minimum absolute atomic E-state index is 0.184. The molecule has 1 aromatic carbocycles. The number of nitrogens with two attached hydrogens (primary N) is 1. The average Bonchev–Trinajstić information content (AvgIpc) is 2.83. The Morgan fingerprint density at radius 3 is 2.65 bits per heavy atom. The van der Waals surface area contributed by atoms with Crippen LogP contribution in [0.15, 0.2) is 35.4 Å². The number of rotatable bonds is 5. The molecule has 0 bridgehead atoms. The Bertz CT molecular complexity index is 582. The van der Waals surface area contributed by atoms with Gasteiger partial charge in [-0.1, -0.05) is 29.8 Å². The number of aromatic nitrogens is 2. The van der Waals surface area contributed by atoms with Gasteiger partial charge in [-0.05, 0) is 31.7 Å². The zero-order valence-corrected chi connectivity index (χ0v) is 13.4. The van der Waals surface area contributed by atoms with Gasteiger partial charge in [0.2, 0.25) is 0 Å². The Morgan fingerprint density at radius 1 is 1.35 bits per heavy atom. The van der Waals surface area contributed by atoms with Crippen molar-refractivity contribution in [1.82, 2.24) is 15.2 Å². The first-order chi connectivity index (χ1) is 9.60. The van der Waals surface area contributed by atoms with Gasteiger partial charge in [0, 0.05) is 10.9 Å². The highest BCUT2D eigenvalue weighted by Gasteiger charge is 2.24. The van der Waals surface area contributed by atoms with Crippen LogP contribution < -0.4 is 11.3 Å². The second-order valence-corrected chi connectivity index (χ2v) is 6.01. The average molecular weight is 311 g/mol. The van der Waals surface area contributed by atoms with Crippen LogP contribution in [0.3, 0.4) is 0 Å². The lowest BCUT2D eigenvalue weighted by Gasteiger charge is -2.22. The molecule has 1 atom stereocenters. The van der Waals surface area contributed by atoms with E-state index < -0.39 is 0 Å². The number of hydrazine groups is 1. The van der Waals surface area contributed by atoms with Crippen LogP contribution in [0.2, 0.25) is 5.02 Å². The maximum Gasteiger partial charge on any atom is 0.0904 e. The summed E-state index contributed by atoms with van der Waals surface area (Å²) in [6.45, 7) is 4.14. The number of halogens is 1. The highest BCUT2D eigenvalue weighted by atomic mass is 35.5. The summed E-state index contributed by atoms with van der Waals surface area (Å²) in [7, 11) is 0. The smallest absolute Gasteiger partial charge is 0.0904 e. The first-order valence-corrected chi connectivity index (χ1v) is 8.02. The van der Waals surface area contributed by atoms with Crippen LogP contribution >= 0.6 is 23.4 Å². The Labute approximate surface area is 128 Å². The van der Waals surface area contributed by atoms with Gasteiger partial charge in [0.1, 0.15) is 0 Å². The molecule has 0 aliphatic rings. The van der Waals surface area contributed by atoms with Gasteiger partial charge in [0.15, 0.2) is 0 Å². The second kappa shape index (κ2) is 6.63. The van der Waals surface area contributed by atoms with Crippen molar-refractivity contribution in [2.75, 3.05) is 6.26 Å². The first kappa shape index (κ1) is 15.4. The van der Waals surface area contributed by atoms with Crippen molar-refractivity contribution in [3.05, 3.63) is 46.7 Å². The second-order valence-electron chi connectivity index (χ2n) is 4.76. The molecule has 1 heterocycles. The van der Waals surface area contributed by atoms with E-state index in [0.29, 0.717) is 5.02 Å². The van der Waals surface area contributed by atoms with E-state index in [1.807, 2.05) is 23.1 Å². The topological polar surface area (TPSA) is 55.9 Å². The molecule has 0 saturated carbocycles. The Hall–Kier alpha value is -1.01. The zero-order valence-electron chi connectivity index (χ0n) is 11.8. The van der Waals surface area contributed by atoms with Crippen LogP contribution in [0.4, 0.5) is 0 Å². The molecule has 2 rings (SSSR count). The Balaban J connectivity index is 2.55. The maximum absolute atomic E-state index is 6.32. The lowest BCUT2D eigenvalue weighted by atomic mass is 10.0. The van der Waals surface area contributed by atoms with Crippen LogP contribution in [-0.4, -0.2) is 16.0 Å². The largest absolute Gasteiger partial charge is 0.271 e. The molecule has 20 heavy (non-hydrogen) atoms. The number of hydrogen-bond donors (Lipinski definition) is 2. The molecule has 6 heteroatoms. The minimum Gasteiger partial charge on any atom is -0.271 e. The Morgan fingerprint density at radius 2 is 2.05 bits per heavy atom. The number of benzene rings is 1. The highest BCUT2D eigenvalue weighted by Crippen LogP contribution is 2.34. The number of thioether (sulfide) groups is 1. The summed E-state index contributed by atoms with van der Waals surface area (Å²) < 4.78 is 1.91. The third-order valence-corrected chi connectivity index (χ3v) is 4.27. The molecule has 2 aromatic rings. The van der Waals surface area contributed by atoms with Gasteiger partial charge in [0.25, 0.3) is 0 Å². The zero-order chi connectivity index (χ0) is 14.7. The summed E-state index contributed by atoms with van der Waals surface area (Å²) in [4.78, 5) is 1.17. The molecule has 1 unspecified atom stereocenters. The predicted molar refractivity (Wildman–Crippen MR) is 85.0 cm³/mol. The van der Waals surface area contributed by atoms with Crippen LogP contribution in [-0.2, 0) is 0 Å². The van der Waals surface area contributed by atoms with Crippen molar-refractivity contribution in [3.8, 4) is 0 Å². The van der Waals surface area contributed by atoms with Crippen LogP contribution in [0.1, 0.15) is 37.2 Å². The lowest BCUT2D eigenvalue weighted by molar-refractivity contribution is 0.474. The van der Waals surface area contributed by atoms with Crippen LogP contribution in [0.25, 0.3) is 0 Å². The van der Waals surface area contributed by atoms with Gasteiger partial charge >= 0.3 is 0 Å². The van der Waals surface area contributed by atoms with Crippen molar-refractivity contribution < 1.29 is 0 Å². The SMILES string of the molecule is CSc1ccccc1C(NN)c1c(Cl)cnn1C(C)C. The lowest BCUT2D eigenvalue weighted by Crippen LogP contribution is -2.31. The molecule has 0 radical (unpaired) electrons. The van der Waals surface area contributed by atoms with Crippen molar-refractivity contribution in [2.45, 2.75) is 30.8 Å². The fraction of sp³-hybridized carbons (Fsp3) is 0.357. The fourth-order valence-electron chi connectivity index (χ4n) is 2.25. The molecule has 4 nitrogen and oxygen atoms in total. The monoisotopic (exact) mass is 310 g/mol. The van der Waals surface area contributed by atoms with E-state index in [0.717, 1.165) is 11.3 Å². The van der Waals surface area contributed by atoms with E-state index >= 15 is 0 Å². The molecule has 0 amide bonds. The molecule has 108 valence electrons. The third kappa shape index (κ3) is 2.86. The molecule has 0 aliphatic heterocycles. The number of nitrogens with one attached hydrogen (secondary N) is 1. The van der Waals surface area contributed by atoms with Gasteiger partial charge in [-0.2, -0.15) is 5.10 Å². The van der Waals surface area contributed by atoms with E-state index in [9.17, 15) is 0 Å². The van der Waals surface area contributed by atoms with Crippen LogP contribution in [0, 0.1) is 0 Å². The molecule has 1 aromatic heterocycles. The van der Waals surface area contributed by atoms with E-state index in [1.165, 1.54) is 4.90 Å².